The lowest BCUT2D eigenvalue weighted by Gasteiger charge is -2.20. The Morgan fingerprint density at radius 3 is 2.64 bits per heavy atom. The molecule has 33 heavy (non-hydrogen) atoms. The van der Waals surface area contributed by atoms with Gasteiger partial charge in [0, 0.05) is 26.7 Å². The first-order valence-electron chi connectivity index (χ1n) is 11.3. The van der Waals surface area contributed by atoms with E-state index in [9.17, 15) is 9.18 Å². The highest BCUT2D eigenvalue weighted by molar-refractivity contribution is 9.10. The number of halogens is 3. The number of aryl methyl sites for hydroxylation is 1. The Balaban J connectivity index is 1.97. The van der Waals surface area contributed by atoms with E-state index in [2.05, 4.69) is 45.3 Å². The number of carbonyl (C=O) groups excluding carboxylic acids is 1. The summed E-state index contributed by atoms with van der Waals surface area (Å²) in [6.45, 7) is 9.33. The molecule has 2 aromatic carbocycles. The monoisotopic (exact) mass is 538 g/mol. The highest BCUT2D eigenvalue weighted by Gasteiger charge is 2.17. The van der Waals surface area contributed by atoms with Gasteiger partial charge in [0.15, 0.2) is 5.96 Å². The topological polar surface area (TPSA) is 68.2 Å². The minimum absolute atomic E-state index is 0.0421. The van der Waals surface area contributed by atoms with Crippen molar-refractivity contribution in [2.45, 2.75) is 52.5 Å². The van der Waals surface area contributed by atoms with E-state index in [1.165, 1.54) is 12.1 Å². The zero-order valence-corrected chi connectivity index (χ0v) is 21.8. The molecular formula is C25H33BrClFN4O. The maximum absolute atomic E-state index is 14.6. The molecule has 0 spiro atoms. The average Bonchev–Trinajstić information content (AvgIpc) is 2.77. The number of benzene rings is 2. The van der Waals surface area contributed by atoms with Crippen molar-refractivity contribution in [3.63, 3.8) is 0 Å². The Hall–Kier alpha value is -1.96. The first kappa shape index (κ1) is 27.3. The molecule has 3 N–H and O–H groups in total. The van der Waals surface area contributed by atoms with Crippen molar-refractivity contribution in [3.8, 4) is 0 Å². The summed E-state index contributed by atoms with van der Waals surface area (Å²) in [7, 11) is 0. The summed E-state index contributed by atoms with van der Waals surface area (Å²) >= 11 is 9.57. The Bertz CT molecular complexity index is 952. The summed E-state index contributed by atoms with van der Waals surface area (Å²) < 4.78 is 15.5. The van der Waals surface area contributed by atoms with Crippen molar-refractivity contribution < 1.29 is 9.18 Å². The van der Waals surface area contributed by atoms with Crippen molar-refractivity contribution in [2.75, 3.05) is 19.6 Å². The fraction of sp³-hybridized carbons (Fsp3) is 0.440. The predicted molar refractivity (Wildman–Crippen MR) is 138 cm³/mol. The summed E-state index contributed by atoms with van der Waals surface area (Å²) in [6, 6.07) is 9.94. The van der Waals surface area contributed by atoms with Crippen molar-refractivity contribution in [3.05, 3.63) is 68.4 Å². The SMILES string of the molecule is CCN(CC)CCCC(C)NC(=N)NC(=O)c1cccc(F)c1CCc1cc(Cl)ccc1Br. The van der Waals surface area contributed by atoms with Crippen LogP contribution in [0.1, 0.15) is 55.1 Å². The maximum Gasteiger partial charge on any atom is 0.258 e. The number of nitrogens with zero attached hydrogens (tertiary/aromatic N) is 1. The molecule has 2 aromatic rings. The number of hydrogen-bond donors (Lipinski definition) is 3. The maximum atomic E-state index is 14.6. The number of guanidine groups is 1. The molecule has 5 nitrogen and oxygen atoms in total. The Labute approximate surface area is 209 Å². The van der Waals surface area contributed by atoms with Crippen LogP contribution in [0.15, 0.2) is 40.9 Å². The molecule has 8 heteroatoms. The van der Waals surface area contributed by atoms with Gasteiger partial charge in [0.25, 0.3) is 5.91 Å². The minimum atomic E-state index is -0.498. The molecule has 1 atom stereocenters. The summed E-state index contributed by atoms with van der Waals surface area (Å²) in [5.74, 6) is -1.02. The largest absolute Gasteiger partial charge is 0.354 e. The quantitative estimate of drug-likeness (QED) is 0.250. The van der Waals surface area contributed by atoms with Crippen LogP contribution in [0.5, 0.6) is 0 Å². The molecule has 2 rings (SSSR count). The van der Waals surface area contributed by atoms with E-state index < -0.39 is 11.7 Å². The lowest BCUT2D eigenvalue weighted by atomic mass is 9.98. The summed E-state index contributed by atoms with van der Waals surface area (Å²) in [5, 5.41) is 14.3. The molecule has 0 aliphatic heterocycles. The van der Waals surface area contributed by atoms with Gasteiger partial charge in [0.05, 0.1) is 0 Å². The number of hydrogen-bond acceptors (Lipinski definition) is 3. The van der Waals surface area contributed by atoms with Gasteiger partial charge in [-0.2, -0.15) is 0 Å². The van der Waals surface area contributed by atoms with Crippen LogP contribution in [0, 0.1) is 11.2 Å². The number of rotatable bonds is 11. The molecule has 0 aliphatic carbocycles. The molecule has 0 saturated heterocycles. The van der Waals surface area contributed by atoms with Gasteiger partial charge in [-0.15, -0.1) is 0 Å². The number of nitrogens with one attached hydrogen (secondary N) is 3. The first-order valence-corrected chi connectivity index (χ1v) is 12.5. The predicted octanol–water partition coefficient (Wildman–Crippen LogP) is 5.79. The third kappa shape index (κ3) is 8.72. The van der Waals surface area contributed by atoms with Gasteiger partial charge < -0.3 is 10.2 Å². The van der Waals surface area contributed by atoms with Crippen molar-refractivity contribution in [2.24, 2.45) is 0 Å². The molecule has 0 aliphatic rings. The molecule has 1 unspecified atom stereocenters. The Kier molecular flexibility index (Phi) is 11.3. The van der Waals surface area contributed by atoms with Gasteiger partial charge in [-0.05, 0) is 88.1 Å². The molecule has 0 aromatic heterocycles. The smallest absolute Gasteiger partial charge is 0.258 e. The zero-order chi connectivity index (χ0) is 24.4. The van der Waals surface area contributed by atoms with Crippen LogP contribution in [-0.2, 0) is 12.8 Å². The van der Waals surface area contributed by atoms with Crippen LogP contribution < -0.4 is 10.6 Å². The van der Waals surface area contributed by atoms with Gasteiger partial charge in [-0.1, -0.05) is 47.4 Å². The van der Waals surface area contributed by atoms with Crippen LogP contribution in [0.4, 0.5) is 4.39 Å². The number of amides is 1. The standard InChI is InChI=1S/C25H33BrClFN4O/c1-4-32(5-2)15-7-8-17(3)30-25(29)31-24(33)21-9-6-10-23(28)20(21)13-11-18-16-19(27)12-14-22(18)26/h6,9-10,12,14,16-17H,4-5,7-8,11,13,15H2,1-3H3,(H3,29,30,31,33). The summed E-state index contributed by atoms with van der Waals surface area (Å²) in [5.41, 5.74) is 1.49. The van der Waals surface area contributed by atoms with Crippen LogP contribution in [0.3, 0.4) is 0 Å². The van der Waals surface area contributed by atoms with Crippen molar-refractivity contribution in [1.29, 1.82) is 5.41 Å². The second-order valence-corrected chi connectivity index (χ2v) is 9.34. The van der Waals surface area contributed by atoms with Crippen LogP contribution in [-0.4, -0.2) is 42.4 Å². The van der Waals surface area contributed by atoms with E-state index in [0.717, 1.165) is 42.5 Å². The molecule has 0 radical (unpaired) electrons. The van der Waals surface area contributed by atoms with Gasteiger partial charge in [-0.3, -0.25) is 15.5 Å². The molecule has 0 heterocycles. The van der Waals surface area contributed by atoms with E-state index in [-0.39, 0.29) is 17.6 Å². The van der Waals surface area contributed by atoms with Crippen LogP contribution >= 0.6 is 27.5 Å². The fourth-order valence-corrected chi connectivity index (χ4v) is 4.36. The van der Waals surface area contributed by atoms with E-state index in [1.807, 2.05) is 19.1 Å². The third-order valence-electron chi connectivity index (χ3n) is 5.65. The van der Waals surface area contributed by atoms with Gasteiger partial charge in [0.1, 0.15) is 5.82 Å². The van der Waals surface area contributed by atoms with Gasteiger partial charge >= 0.3 is 0 Å². The zero-order valence-electron chi connectivity index (χ0n) is 19.5. The molecule has 0 fully saturated rings. The van der Waals surface area contributed by atoms with Gasteiger partial charge in [-0.25, -0.2) is 4.39 Å². The van der Waals surface area contributed by atoms with E-state index >= 15 is 0 Å². The highest BCUT2D eigenvalue weighted by atomic mass is 79.9. The molecule has 0 bridgehead atoms. The fourth-order valence-electron chi connectivity index (χ4n) is 3.72. The van der Waals surface area contributed by atoms with Crippen molar-refractivity contribution >= 4 is 39.4 Å². The highest BCUT2D eigenvalue weighted by Crippen LogP contribution is 2.24. The second kappa shape index (κ2) is 13.7. The molecule has 180 valence electrons. The molecule has 0 saturated carbocycles. The summed E-state index contributed by atoms with van der Waals surface area (Å²) in [6.07, 6.45) is 2.73. The lowest BCUT2D eigenvalue weighted by Crippen LogP contribution is -2.44. The number of carbonyl (C=O) groups is 1. The first-order chi connectivity index (χ1) is 15.7. The molecule has 1 amide bonds. The second-order valence-electron chi connectivity index (χ2n) is 8.05. The lowest BCUT2D eigenvalue weighted by molar-refractivity contribution is 0.0974. The summed E-state index contributed by atoms with van der Waals surface area (Å²) in [4.78, 5) is 15.2. The van der Waals surface area contributed by atoms with E-state index in [1.54, 1.807) is 12.1 Å². The minimum Gasteiger partial charge on any atom is -0.354 e. The van der Waals surface area contributed by atoms with Crippen LogP contribution in [0.25, 0.3) is 0 Å². The Morgan fingerprint density at radius 2 is 1.94 bits per heavy atom. The molecular weight excluding hydrogens is 507 g/mol. The van der Waals surface area contributed by atoms with Crippen molar-refractivity contribution in [1.82, 2.24) is 15.5 Å². The Morgan fingerprint density at radius 1 is 1.21 bits per heavy atom. The van der Waals surface area contributed by atoms with E-state index in [4.69, 9.17) is 17.0 Å². The van der Waals surface area contributed by atoms with E-state index in [0.29, 0.717) is 23.4 Å². The van der Waals surface area contributed by atoms with Gasteiger partial charge in [0.2, 0.25) is 0 Å². The third-order valence-corrected chi connectivity index (χ3v) is 6.66. The normalized spacial score (nSPS) is 12.0. The van der Waals surface area contributed by atoms with Crippen LogP contribution in [0.2, 0.25) is 5.02 Å². The average molecular weight is 540 g/mol.